The molecule has 2 N–H and O–H groups in total. The van der Waals surface area contributed by atoms with Gasteiger partial charge in [-0.1, -0.05) is 0 Å². The number of aryl methyl sites for hydroxylation is 1. The van der Waals surface area contributed by atoms with Crippen molar-refractivity contribution in [1.82, 2.24) is 15.3 Å². The molecule has 2 aliphatic rings. The number of hydrazone groups is 1. The van der Waals surface area contributed by atoms with Crippen LogP contribution in [0.2, 0.25) is 0 Å². The van der Waals surface area contributed by atoms with Gasteiger partial charge >= 0.3 is 6.03 Å². The van der Waals surface area contributed by atoms with Crippen LogP contribution in [0.5, 0.6) is 0 Å². The van der Waals surface area contributed by atoms with Crippen LogP contribution in [0.1, 0.15) is 25.0 Å². The molecule has 5 nitrogen and oxygen atoms in total. The van der Waals surface area contributed by atoms with Crippen molar-refractivity contribution in [3.8, 4) is 0 Å². The summed E-state index contributed by atoms with van der Waals surface area (Å²) in [6.45, 7) is 1.72. The van der Waals surface area contributed by atoms with Crippen LogP contribution in [0.25, 0.3) is 0 Å². The topological polar surface area (TPSA) is 58.4 Å². The van der Waals surface area contributed by atoms with E-state index in [4.69, 9.17) is 0 Å². The molecule has 0 radical (unpaired) electrons. The molecule has 17 heavy (non-hydrogen) atoms. The first-order valence-corrected chi connectivity index (χ1v) is 6.09. The Morgan fingerprint density at radius 3 is 3.24 bits per heavy atom. The molecule has 0 spiro atoms. The minimum absolute atomic E-state index is 0.200. The lowest BCUT2D eigenvalue weighted by Crippen LogP contribution is -2.34. The summed E-state index contributed by atoms with van der Waals surface area (Å²) in [6.07, 6.45) is 5.40. The third-order valence-corrected chi connectivity index (χ3v) is 3.26. The third kappa shape index (κ3) is 2.33. The fraction of sp³-hybridized carbons (Fsp3) is 0.500. The standard InChI is InChI=1S/C12H16N4O/c17-12(13-8-9-3-4-9)15-14-10-5-7-16-6-1-2-11(10)16/h1-2,6,9H,3-5,7-8H2,(H2,13,15,17). The molecule has 90 valence electrons. The van der Waals surface area contributed by atoms with Gasteiger partial charge in [0.2, 0.25) is 0 Å². The smallest absolute Gasteiger partial charge is 0.335 e. The van der Waals surface area contributed by atoms with E-state index in [1.807, 2.05) is 18.3 Å². The van der Waals surface area contributed by atoms with Gasteiger partial charge in [0.1, 0.15) is 0 Å². The van der Waals surface area contributed by atoms with Crippen molar-refractivity contribution in [2.24, 2.45) is 11.0 Å². The van der Waals surface area contributed by atoms with Crippen LogP contribution in [0.3, 0.4) is 0 Å². The Balaban J connectivity index is 1.54. The highest BCUT2D eigenvalue weighted by molar-refractivity contribution is 6.01. The lowest BCUT2D eigenvalue weighted by atomic mass is 10.2. The minimum atomic E-state index is -0.200. The van der Waals surface area contributed by atoms with Crippen molar-refractivity contribution >= 4 is 11.7 Å². The second kappa shape index (κ2) is 4.24. The number of aromatic nitrogens is 1. The van der Waals surface area contributed by atoms with Crippen LogP contribution in [0.15, 0.2) is 23.4 Å². The van der Waals surface area contributed by atoms with E-state index in [1.165, 1.54) is 12.8 Å². The Hall–Kier alpha value is -1.78. The van der Waals surface area contributed by atoms with Gasteiger partial charge in [-0.15, -0.1) is 0 Å². The average molecular weight is 232 g/mol. The second-order valence-corrected chi connectivity index (χ2v) is 4.66. The summed E-state index contributed by atoms with van der Waals surface area (Å²) >= 11 is 0. The maximum absolute atomic E-state index is 11.4. The molecule has 0 atom stereocenters. The maximum atomic E-state index is 11.4. The summed E-state index contributed by atoms with van der Waals surface area (Å²) in [5.41, 5.74) is 4.62. The predicted molar refractivity (Wildman–Crippen MR) is 64.8 cm³/mol. The lowest BCUT2D eigenvalue weighted by molar-refractivity contribution is 0.241. The largest absolute Gasteiger partial charge is 0.346 e. The molecule has 5 heteroatoms. The molecular formula is C12H16N4O. The number of carbonyl (C=O) groups is 1. The fourth-order valence-electron chi connectivity index (χ4n) is 2.06. The van der Waals surface area contributed by atoms with E-state index in [0.29, 0.717) is 5.92 Å². The molecule has 0 unspecified atom stereocenters. The average Bonchev–Trinajstić information content (AvgIpc) is 2.89. The molecule has 1 fully saturated rings. The van der Waals surface area contributed by atoms with E-state index in [0.717, 1.165) is 30.9 Å². The SMILES string of the molecule is O=C(NCC1CC1)NN=C1CCn2cccc21. The molecule has 0 saturated heterocycles. The van der Waals surface area contributed by atoms with E-state index in [2.05, 4.69) is 20.4 Å². The first-order chi connectivity index (χ1) is 8.33. The van der Waals surface area contributed by atoms with E-state index in [1.54, 1.807) is 0 Å². The van der Waals surface area contributed by atoms with Crippen LogP contribution in [-0.4, -0.2) is 22.9 Å². The first kappa shape index (κ1) is 10.4. The zero-order valence-electron chi connectivity index (χ0n) is 9.65. The number of nitrogens with zero attached hydrogens (tertiary/aromatic N) is 2. The summed E-state index contributed by atoms with van der Waals surface area (Å²) in [4.78, 5) is 11.4. The monoisotopic (exact) mass is 232 g/mol. The quantitative estimate of drug-likeness (QED) is 0.758. The number of hydrogen-bond donors (Lipinski definition) is 2. The third-order valence-electron chi connectivity index (χ3n) is 3.26. The van der Waals surface area contributed by atoms with E-state index >= 15 is 0 Å². The zero-order chi connectivity index (χ0) is 11.7. The van der Waals surface area contributed by atoms with Crippen LogP contribution in [-0.2, 0) is 6.54 Å². The Kier molecular flexibility index (Phi) is 2.59. The number of rotatable bonds is 3. The number of nitrogens with one attached hydrogen (secondary N) is 2. The van der Waals surface area contributed by atoms with Gasteiger partial charge in [0.05, 0.1) is 11.4 Å². The summed E-state index contributed by atoms with van der Waals surface area (Å²) < 4.78 is 2.14. The highest BCUT2D eigenvalue weighted by Crippen LogP contribution is 2.27. The van der Waals surface area contributed by atoms with Gasteiger partial charge in [-0.25, -0.2) is 10.2 Å². The van der Waals surface area contributed by atoms with Crippen molar-refractivity contribution in [1.29, 1.82) is 0 Å². The number of hydrogen-bond acceptors (Lipinski definition) is 2. The zero-order valence-corrected chi connectivity index (χ0v) is 9.65. The van der Waals surface area contributed by atoms with Gasteiger partial charge in [-0.3, -0.25) is 0 Å². The molecule has 1 aliphatic carbocycles. The van der Waals surface area contributed by atoms with Gasteiger partial charge < -0.3 is 9.88 Å². The summed E-state index contributed by atoms with van der Waals surface area (Å²) in [5, 5.41) is 6.99. The van der Waals surface area contributed by atoms with Gasteiger partial charge in [0.25, 0.3) is 0 Å². The van der Waals surface area contributed by atoms with Crippen LogP contribution in [0.4, 0.5) is 4.79 Å². The minimum Gasteiger partial charge on any atom is -0.346 e. The molecule has 2 amide bonds. The van der Waals surface area contributed by atoms with Crippen LogP contribution >= 0.6 is 0 Å². The van der Waals surface area contributed by atoms with Crippen molar-refractivity contribution in [2.45, 2.75) is 25.8 Å². The molecule has 1 saturated carbocycles. The van der Waals surface area contributed by atoms with Gasteiger partial charge in [-0.2, -0.15) is 5.10 Å². The molecule has 3 rings (SSSR count). The highest BCUT2D eigenvalue weighted by atomic mass is 16.2. The fourth-order valence-corrected chi connectivity index (χ4v) is 2.06. The van der Waals surface area contributed by atoms with Crippen molar-refractivity contribution < 1.29 is 4.79 Å². The summed E-state index contributed by atoms with van der Waals surface area (Å²) in [7, 11) is 0. The van der Waals surface area contributed by atoms with E-state index in [9.17, 15) is 4.79 Å². The lowest BCUT2D eigenvalue weighted by Gasteiger charge is -2.03. The Morgan fingerprint density at radius 1 is 1.53 bits per heavy atom. The molecule has 1 aliphatic heterocycles. The molecule has 1 aromatic heterocycles. The Bertz CT molecular complexity index is 459. The summed E-state index contributed by atoms with van der Waals surface area (Å²) in [6, 6.07) is 3.82. The van der Waals surface area contributed by atoms with Gasteiger partial charge in [0.15, 0.2) is 0 Å². The summed E-state index contributed by atoms with van der Waals surface area (Å²) in [5.74, 6) is 0.692. The molecular weight excluding hydrogens is 216 g/mol. The van der Waals surface area contributed by atoms with E-state index < -0.39 is 0 Å². The molecule has 0 aromatic carbocycles. The molecule has 0 bridgehead atoms. The number of carbonyl (C=O) groups excluding carboxylic acids is 1. The molecule has 2 heterocycles. The molecule has 1 aromatic rings. The first-order valence-electron chi connectivity index (χ1n) is 6.09. The number of amides is 2. The maximum Gasteiger partial charge on any atom is 0.335 e. The Labute approximate surface area is 99.9 Å². The van der Waals surface area contributed by atoms with Crippen LogP contribution < -0.4 is 10.7 Å². The number of urea groups is 1. The Morgan fingerprint density at radius 2 is 2.41 bits per heavy atom. The highest BCUT2D eigenvalue weighted by Gasteiger charge is 2.21. The van der Waals surface area contributed by atoms with Gasteiger partial charge in [0, 0.05) is 25.7 Å². The van der Waals surface area contributed by atoms with Crippen molar-refractivity contribution in [3.63, 3.8) is 0 Å². The van der Waals surface area contributed by atoms with Crippen molar-refractivity contribution in [3.05, 3.63) is 24.0 Å². The van der Waals surface area contributed by atoms with Crippen molar-refractivity contribution in [2.75, 3.05) is 6.54 Å². The van der Waals surface area contributed by atoms with E-state index in [-0.39, 0.29) is 6.03 Å². The normalized spacial score (nSPS) is 20.4. The second-order valence-electron chi connectivity index (χ2n) is 4.66. The predicted octanol–water partition coefficient (Wildman–Crippen LogP) is 1.31. The van der Waals surface area contributed by atoms with Crippen LogP contribution in [0, 0.1) is 5.92 Å². The van der Waals surface area contributed by atoms with Gasteiger partial charge in [-0.05, 0) is 30.9 Å². The number of fused-ring (bicyclic) bond motifs is 1.